The first-order valence-electron chi connectivity index (χ1n) is 5.96. The van der Waals surface area contributed by atoms with Gasteiger partial charge in [-0.05, 0) is 40.8 Å². The Labute approximate surface area is 114 Å². The lowest BCUT2D eigenvalue weighted by Crippen LogP contribution is -2.22. The summed E-state index contributed by atoms with van der Waals surface area (Å²) in [7, 11) is 0. The van der Waals surface area contributed by atoms with Crippen molar-refractivity contribution in [2.24, 2.45) is 5.11 Å². The number of amides is 2. The van der Waals surface area contributed by atoms with E-state index in [-0.39, 0.29) is 5.91 Å². The lowest BCUT2D eigenvalue weighted by Gasteiger charge is -2.01. The van der Waals surface area contributed by atoms with Gasteiger partial charge < -0.3 is 9.73 Å². The molecule has 0 fully saturated rings. The third kappa shape index (κ3) is 2.96. The Hall–Kier alpha value is -2.79. The van der Waals surface area contributed by atoms with Crippen molar-refractivity contribution < 1.29 is 14.0 Å². The quantitative estimate of drug-likeness (QED) is 0.524. The zero-order valence-corrected chi connectivity index (χ0v) is 10.8. The van der Waals surface area contributed by atoms with Crippen LogP contribution in [-0.2, 0) is 11.2 Å². The van der Waals surface area contributed by atoms with Crippen molar-refractivity contribution in [1.29, 1.82) is 0 Å². The molecule has 2 aromatic rings. The van der Waals surface area contributed by atoms with E-state index in [1.165, 1.54) is 6.92 Å². The van der Waals surface area contributed by atoms with Gasteiger partial charge in [-0.3, -0.25) is 9.59 Å². The summed E-state index contributed by atoms with van der Waals surface area (Å²) in [5, 5.41) is 6.52. The van der Waals surface area contributed by atoms with E-state index >= 15 is 0 Å². The zero-order valence-electron chi connectivity index (χ0n) is 10.8. The van der Waals surface area contributed by atoms with Gasteiger partial charge in [0.05, 0.1) is 6.26 Å². The molecule has 1 aromatic heterocycles. The molecule has 0 bridgehead atoms. The molecule has 0 aliphatic carbocycles. The Morgan fingerprint density at radius 2 is 2.25 bits per heavy atom. The van der Waals surface area contributed by atoms with Crippen molar-refractivity contribution in [3.63, 3.8) is 0 Å². The van der Waals surface area contributed by atoms with Crippen LogP contribution < -0.4 is 5.32 Å². The van der Waals surface area contributed by atoms with Crippen LogP contribution in [0.4, 0.5) is 0 Å². The molecule has 1 heterocycles. The van der Waals surface area contributed by atoms with Crippen molar-refractivity contribution in [3.8, 4) is 0 Å². The van der Waals surface area contributed by atoms with Crippen LogP contribution in [0.2, 0.25) is 0 Å². The van der Waals surface area contributed by atoms with Crippen LogP contribution in [0.1, 0.15) is 22.8 Å². The first-order chi connectivity index (χ1) is 9.61. The minimum Gasteiger partial charge on any atom is -0.464 e. The molecular formula is C13H12N4O3. The molecule has 0 saturated heterocycles. The summed E-state index contributed by atoms with van der Waals surface area (Å²) in [6, 6.07) is 4.82. The SMILES string of the molecule is CC(=O)NCCc1coc2ccc(C(=O)N=[N+]=[N-])cc12. The summed E-state index contributed by atoms with van der Waals surface area (Å²) in [6.45, 7) is 1.93. The van der Waals surface area contributed by atoms with Gasteiger partial charge in [-0.15, -0.1) is 0 Å². The lowest BCUT2D eigenvalue weighted by molar-refractivity contribution is -0.118. The van der Waals surface area contributed by atoms with Gasteiger partial charge >= 0.3 is 0 Å². The maximum atomic E-state index is 11.5. The van der Waals surface area contributed by atoms with Gasteiger partial charge in [0, 0.05) is 29.3 Å². The van der Waals surface area contributed by atoms with E-state index in [1.807, 2.05) is 0 Å². The van der Waals surface area contributed by atoms with E-state index in [9.17, 15) is 9.59 Å². The number of nitrogens with zero attached hydrogens (tertiary/aromatic N) is 3. The Morgan fingerprint density at radius 3 is 2.95 bits per heavy atom. The summed E-state index contributed by atoms with van der Waals surface area (Å²) < 4.78 is 5.37. The topological polar surface area (TPSA) is 108 Å². The molecule has 1 aromatic carbocycles. The molecule has 0 atom stereocenters. The number of fused-ring (bicyclic) bond motifs is 1. The van der Waals surface area contributed by atoms with Gasteiger partial charge in [-0.2, -0.15) is 0 Å². The minimum atomic E-state index is -0.636. The first kappa shape index (κ1) is 13.6. The average molecular weight is 272 g/mol. The smallest absolute Gasteiger partial charge is 0.249 e. The third-order valence-electron chi connectivity index (χ3n) is 2.80. The van der Waals surface area contributed by atoms with Gasteiger partial charge in [0.25, 0.3) is 0 Å². The highest BCUT2D eigenvalue weighted by Crippen LogP contribution is 2.23. The largest absolute Gasteiger partial charge is 0.464 e. The van der Waals surface area contributed by atoms with E-state index < -0.39 is 5.91 Å². The average Bonchev–Trinajstić information content (AvgIpc) is 2.81. The highest BCUT2D eigenvalue weighted by atomic mass is 16.3. The molecule has 0 spiro atoms. The Bertz CT molecular complexity index is 713. The number of furan rings is 1. The van der Waals surface area contributed by atoms with Gasteiger partial charge in [0.15, 0.2) is 0 Å². The maximum Gasteiger partial charge on any atom is 0.249 e. The summed E-state index contributed by atoms with van der Waals surface area (Å²) in [6.07, 6.45) is 2.18. The fourth-order valence-electron chi connectivity index (χ4n) is 1.88. The highest BCUT2D eigenvalue weighted by molar-refractivity contribution is 5.98. The van der Waals surface area contributed by atoms with E-state index in [2.05, 4.69) is 15.3 Å². The molecule has 102 valence electrons. The van der Waals surface area contributed by atoms with Crippen molar-refractivity contribution >= 4 is 22.8 Å². The monoisotopic (exact) mass is 272 g/mol. The number of rotatable bonds is 4. The van der Waals surface area contributed by atoms with Gasteiger partial charge in [-0.25, -0.2) is 0 Å². The normalized spacial score (nSPS) is 10.1. The van der Waals surface area contributed by atoms with E-state index in [1.54, 1.807) is 24.5 Å². The molecule has 7 nitrogen and oxygen atoms in total. The van der Waals surface area contributed by atoms with Crippen molar-refractivity contribution in [2.45, 2.75) is 13.3 Å². The van der Waals surface area contributed by atoms with Crippen molar-refractivity contribution in [3.05, 3.63) is 46.0 Å². The predicted molar refractivity (Wildman–Crippen MR) is 72.1 cm³/mol. The number of nitrogens with one attached hydrogen (secondary N) is 1. The number of carbonyl (C=O) groups excluding carboxylic acids is 2. The minimum absolute atomic E-state index is 0.1000. The van der Waals surface area contributed by atoms with Gasteiger partial charge in [0.2, 0.25) is 11.8 Å². The van der Waals surface area contributed by atoms with Gasteiger partial charge in [0.1, 0.15) is 5.58 Å². The van der Waals surface area contributed by atoms with Crippen LogP contribution >= 0.6 is 0 Å². The molecule has 0 aliphatic heterocycles. The number of hydrogen-bond acceptors (Lipinski definition) is 3. The van der Waals surface area contributed by atoms with Crippen molar-refractivity contribution in [2.75, 3.05) is 6.54 Å². The number of benzene rings is 1. The van der Waals surface area contributed by atoms with E-state index in [0.29, 0.717) is 24.1 Å². The lowest BCUT2D eigenvalue weighted by atomic mass is 10.1. The summed E-state index contributed by atoms with van der Waals surface area (Å²) in [5.74, 6) is -0.736. The van der Waals surface area contributed by atoms with Crippen LogP contribution in [0.25, 0.3) is 21.4 Å². The molecule has 0 saturated carbocycles. The Balaban J connectivity index is 2.27. The summed E-state index contributed by atoms with van der Waals surface area (Å²) in [4.78, 5) is 24.8. The second-order valence-corrected chi connectivity index (χ2v) is 4.20. The third-order valence-corrected chi connectivity index (χ3v) is 2.80. The molecule has 1 N–H and O–H groups in total. The van der Waals surface area contributed by atoms with Crippen LogP contribution in [0, 0.1) is 0 Å². The van der Waals surface area contributed by atoms with Crippen molar-refractivity contribution in [1.82, 2.24) is 5.32 Å². The predicted octanol–water partition coefficient (Wildman–Crippen LogP) is 2.56. The fourth-order valence-corrected chi connectivity index (χ4v) is 1.88. The number of carbonyl (C=O) groups is 2. The molecule has 0 unspecified atom stereocenters. The molecular weight excluding hydrogens is 260 g/mol. The second kappa shape index (κ2) is 5.90. The van der Waals surface area contributed by atoms with Crippen LogP contribution in [-0.4, -0.2) is 18.4 Å². The fraction of sp³-hybridized carbons (Fsp3) is 0.231. The van der Waals surface area contributed by atoms with E-state index in [4.69, 9.17) is 9.95 Å². The Morgan fingerprint density at radius 1 is 1.45 bits per heavy atom. The molecule has 0 aliphatic rings. The van der Waals surface area contributed by atoms with E-state index in [0.717, 1.165) is 10.9 Å². The summed E-state index contributed by atoms with van der Waals surface area (Å²) >= 11 is 0. The molecule has 0 radical (unpaired) electrons. The first-order valence-corrected chi connectivity index (χ1v) is 5.96. The molecule has 2 amide bonds. The molecule has 20 heavy (non-hydrogen) atoms. The van der Waals surface area contributed by atoms with Gasteiger partial charge in [-0.1, -0.05) is 0 Å². The Kier molecular flexibility index (Phi) is 4.02. The van der Waals surface area contributed by atoms with Crippen LogP contribution in [0.15, 0.2) is 34.0 Å². The maximum absolute atomic E-state index is 11.5. The zero-order chi connectivity index (χ0) is 14.5. The summed E-state index contributed by atoms with van der Waals surface area (Å²) in [5.41, 5.74) is 10.1. The highest BCUT2D eigenvalue weighted by Gasteiger charge is 2.10. The van der Waals surface area contributed by atoms with Crippen LogP contribution in [0.5, 0.6) is 0 Å². The number of azide groups is 1. The number of hydrogen-bond donors (Lipinski definition) is 1. The standard InChI is InChI=1S/C13H12N4O3/c1-8(18)15-5-4-10-7-20-12-3-2-9(6-11(10)12)13(19)16-17-14/h2-3,6-7H,4-5H2,1H3,(H,15,18). The van der Waals surface area contributed by atoms with Crippen LogP contribution in [0.3, 0.4) is 0 Å². The molecule has 2 rings (SSSR count). The second-order valence-electron chi connectivity index (χ2n) is 4.20. The molecule has 7 heteroatoms.